The standard InChI is InChI=1S/C8H9F3N2O.C2H6/c1-2-6-3-13-7(4-12-6)14-5-8(9,10)11;1-2/h3-4H,2,5H2,1H3;1-2H3. The molecule has 0 saturated carbocycles. The van der Waals surface area contributed by atoms with Gasteiger partial charge in [0.25, 0.3) is 0 Å². The van der Waals surface area contributed by atoms with Gasteiger partial charge in [0.1, 0.15) is 0 Å². The second-order valence-corrected chi connectivity index (χ2v) is 2.60. The zero-order valence-corrected chi connectivity index (χ0v) is 9.51. The van der Waals surface area contributed by atoms with Crippen molar-refractivity contribution in [3.05, 3.63) is 18.1 Å². The zero-order valence-electron chi connectivity index (χ0n) is 9.51. The van der Waals surface area contributed by atoms with Crippen molar-refractivity contribution in [3.63, 3.8) is 0 Å². The molecule has 0 atom stereocenters. The van der Waals surface area contributed by atoms with Crippen molar-refractivity contribution in [2.45, 2.75) is 33.4 Å². The van der Waals surface area contributed by atoms with Crippen molar-refractivity contribution in [2.24, 2.45) is 0 Å². The van der Waals surface area contributed by atoms with Crippen LogP contribution in [0.25, 0.3) is 0 Å². The zero-order chi connectivity index (χ0) is 12.6. The van der Waals surface area contributed by atoms with Gasteiger partial charge in [-0.05, 0) is 6.42 Å². The van der Waals surface area contributed by atoms with Crippen LogP contribution in [0, 0.1) is 0 Å². The molecule has 1 aromatic rings. The summed E-state index contributed by atoms with van der Waals surface area (Å²) < 4.78 is 39.5. The maximum Gasteiger partial charge on any atom is 0.422 e. The number of aromatic nitrogens is 2. The second kappa shape index (κ2) is 7.03. The Kier molecular flexibility index (Phi) is 6.44. The van der Waals surface area contributed by atoms with Crippen LogP contribution in [-0.4, -0.2) is 22.8 Å². The average molecular weight is 236 g/mol. The van der Waals surface area contributed by atoms with Crippen LogP contribution in [0.4, 0.5) is 13.2 Å². The molecule has 0 aliphatic rings. The Balaban J connectivity index is 0.00000106. The fourth-order valence-electron chi connectivity index (χ4n) is 0.756. The fraction of sp³-hybridized carbons (Fsp3) is 0.600. The molecule has 6 heteroatoms. The van der Waals surface area contributed by atoms with Crippen LogP contribution < -0.4 is 4.74 Å². The fourth-order valence-corrected chi connectivity index (χ4v) is 0.756. The highest BCUT2D eigenvalue weighted by molar-refractivity contribution is 5.06. The minimum atomic E-state index is -4.34. The van der Waals surface area contributed by atoms with Crippen molar-refractivity contribution in [2.75, 3.05) is 6.61 Å². The predicted octanol–water partition coefficient (Wildman–Crippen LogP) is 3.01. The van der Waals surface area contributed by atoms with E-state index in [-0.39, 0.29) is 5.88 Å². The van der Waals surface area contributed by atoms with Crippen molar-refractivity contribution in [1.29, 1.82) is 0 Å². The molecule has 0 fully saturated rings. The van der Waals surface area contributed by atoms with Gasteiger partial charge in [0.15, 0.2) is 6.61 Å². The summed E-state index contributed by atoms with van der Waals surface area (Å²) in [6.45, 7) is 4.54. The lowest BCUT2D eigenvalue weighted by molar-refractivity contribution is -0.154. The first-order valence-electron chi connectivity index (χ1n) is 5.01. The molecule has 16 heavy (non-hydrogen) atoms. The molecule has 0 aliphatic heterocycles. The van der Waals surface area contributed by atoms with Crippen LogP contribution in [0.15, 0.2) is 12.4 Å². The van der Waals surface area contributed by atoms with E-state index in [9.17, 15) is 13.2 Å². The molecule has 0 amide bonds. The van der Waals surface area contributed by atoms with Gasteiger partial charge in [-0.25, -0.2) is 4.98 Å². The summed E-state index contributed by atoms with van der Waals surface area (Å²) in [5.41, 5.74) is 0.712. The number of alkyl halides is 3. The molecular formula is C10H15F3N2O. The Morgan fingerprint density at radius 2 is 1.81 bits per heavy atom. The van der Waals surface area contributed by atoms with Gasteiger partial charge in [-0.3, -0.25) is 4.98 Å². The van der Waals surface area contributed by atoms with Gasteiger partial charge in [0, 0.05) is 0 Å². The van der Waals surface area contributed by atoms with Crippen molar-refractivity contribution < 1.29 is 17.9 Å². The van der Waals surface area contributed by atoms with Crippen LogP contribution in [-0.2, 0) is 6.42 Å². The molecular weight excluding hydrogens is 221 g/mol. The van der Waals surface area contributed by atoms with E-state index in [0.29, 0.717) is 12.1 Å². The molecule has 0 unspecified atom stereocenters. The summed E-state index contributed by atoms with van der Waals surface area (Å²) >= 11 is 0. The first-order valence-corrected chi connectivity index (χ1v) is 5.01. The van der Waals surface area contributed by atoms with Gasteiger partial charge in [-0.15, -0.1) is 0 Å². The van der Waals surface area contributed by atoms with Gasteiger partial charge in [0.05, 0.1) is 18.1 Å². The molecule has 0 bridgehead atoms. The number of aryl methyl sites for hydroxylation is 1. The second-order valence-electron chi connectivity index (χ2n) is 2.60. The number of rotatable bonds is 3. The summed E-state index contributed by atoms with van der Waals surface area (Å²) in [4.78, 5) is 7.51. The first-order chi connectivity index (χ1) is 7.51. The molecule has 0 spiro atoms. The normalized spacial score (nSPS) is 10.4. The maximum absolute atomic E-state index is 11.7. The van der Waals surface area contributed by atoms with Gasteiger partial charge in [-0.2, -0.15) is 13.2 Å². The van der Waals surface area contributed by atoms with E-state index in [2.05, 4.69) is 14.7 Å². The van der Waals surface area contributed by atoms with Crippen LogP contribution >= 0.6 is 0 Å². The van der Waals surface area contributed by atoms with E-state index in [1.54, 1.807) is 0 Å². The Morgan fingerprint density at radius 1 is 1.19 bits per heavy atom. The summed E-state index contributed by atoms with van der Waals surface area (Å²) in [7, 11) is 0. The monoisotopic (exact) mass is 236 g/mol. The smallest absolute Gasteiger partial charge is 0.422 e. The van der Waals surface area contributed by atoms with Crippen molar-refractivity contribution in [3.8, 4) is 5.88 Å². The van der Waals surface area contributed by atoms with Gasteiger partial charge in [0.2, 0.25) is 5.88 Å². The van der Waals surface area contributed by atoms with E-state index in [1.807, 2.05) is 20.8 Å². The minimum Gasteiger partial charge on any atom is -0.467 e. The maximum atomic E-state index is 11.7. The van der Waals surface area contributed by atoms with Crippen LogP contribution in [0.1, 0.15) is 26.5 Å². The Morgan fingerprint density at radius 3 is 2.19 bits per heavy atom. The Hall–Kier alpha value is -1.33. The number of halogens is 3. The van der Waals surface area contributed by atoms with Gasteiger partial charge in [-0.1, -0.05) is 20.8 Å². The van der Waals surface area contributed by atoms with Crippen LogP contribution in [0.5, 0.6) is 5.88 Å². The number of hydrogen-bond donors (Lipinski definition) is 0. The molecule has 1 rings (SSSR count). The minimum absolute atomic E-state index is 0.112. The van der Waals surface area contributed by atoms with E-state index in [1.165, 1.54) is 12.4 Å². The summed E-state index contributed by atoms with van der Waals surface area (Å²) in [5.74, 6) is -0.112. The van der Waals surface area contributed by atoms with Gasteiger partial charge >= 0.3 is 6.18 Å². The van der Waals surface area contributed by atoms with Crippen LogP contribution in [0.3, 0.4) is 0 Å². The highest BCUT2D eigenvalue weighted by atomic mass is 19.4. The van der Waals surface area contributed by atoms with Crippen LogP contribution in [0.2, 0.25) is 0 Å². The predicted molar refractivity (Wildman–Crippen MR) is 54.3 cm³/mol. The molecule has 1 heterocycles. The highest BCUT2D eigenvalue weighted by Gasteiger charge is 2.28. The van der Waals surface area contributed by atoms with Crippen molar-refractivity contribution in [1.82, 2.24) is 9.97 Å². The molecule has 0 aromatic carbocycles. The third-order valence-electron chi connectivity index (χ3n) is 1.43. The quantitative estimate of drug-likeness (QED) is 0.809. The lowest BCUT2D eigenvalue weighted by Gasteiger charge is -2.07. The lowest BCUT2D eigenvalue weighted by Crippen LogP contribution is -2.19. The summed E-state index contributed by atoms with van der Waals surface area (Å²) in [6.07, 6.45) is -1.08. The van der Waals surface area contributed by atoms with Crippen molar-refractivity contribution >= 4 is 0 Å². The summed E-state index contributed by atoms with van der Waals surface area (Å²) in [5, 5.41) is 0. The summed E-state index contributed by atoms with van der Waals surface area (Å²) in [6, 6.07) is 0. The van der Waals surface area contributed by atoms with E-state index in [0.717, 1.165) is 0 Å². The topological polar surface area (TPSA) is 35.0 Å². The molecule has 3 nitrogen and oxygen atoms in total. The van der Waals surface area contributed by atoms with E-state index >= 15 is 0 Å². The molecule has 1 aromatic heterocycles. The average Bonchev–Trinajstić information content (AvgIpc) is 2.29. The molecule has 92 valence electrons. The van der Waals surface area contributed by atoms with Gasteiger partial charge < -0.3 is 4.74 Å². The first kappa shape index (κ1) is 14.7. The highest BCUT2D eigenvalue weighted by Crippen LogP contribution is 2.16. The third-order valence-corrected chi connectivity index (χ3v) is 1.43. The lowest BCUT2D eigenvalue weighted by atomic mass is 10.4. The third kappa shape index (κ3) is 6.21. The number of nitrogens with zero attached hydrogens (tertiary/aromatic N) is 2. The SMILES string of the molecule is CC.CCc1cnc(OCC(F)(F)F)cn1. The molecule has 0 aliphatic carbocycles. The number of hydrogen-bond acceptors (Lipinski definition) is 3. The van der Waals surface area contributed by atoms with E-state index < -0.39 is 12.8 Å². The number of ether oxygens (including phenoxy) is 1. The van der Waals surface area contributed by atoms with E-state index in [4.69, 9.17) is 0 Å². The molecule has 0 N–H and O–H groups in total. The largest absolute Gasteiger partial charge is 0.467 e. The molecule has 0 saturated heterocycles. The Bertz CT molecular complexity index is 285. The molecule has 0 radical (unpaired) electrons. The Labute approximate surface area is 92.7 Å².